The van der Waals surface area contributed by atoms with Gasteiger partial charge < -0.3 is 4.74 Å². The Balaban J connectivity index is 2.98. The molecule has 0 amide bonds. The Morgan fingerprint density at radius 1 is 0.727 bits per heavy atom. The third-order valence-corrected chi connectivity index (χ3v) is 4.25. The van der Waals surface area contributed by atoms with Gasteiger partial charge in [-0.1, -0.05) is 97.3 Å². The van der Waals surface area contributed by atoms with E-state index < -0.39 is 5.43 Å². The number of halogens is 1. The first-order chi connectivity index (χ1) is 10.6. The first-order valence-electron chi connectivity index (χ1n) is 9.45. The van der Waals surface area contributed by atoms with Crippen LogP contribution < -0.4 is 0 Å². The molecule has 0 bridgehead atoms. The highest BCUT2D eigenvalue weighted by Crippen LogP contribution is 2.14. The predicted octanol–water partition coefficient (Wildman–Crippen LogP) is 7.48. The zero-order valence-corrected chi connectivity index (χ0v) is 15.6. The summed E-state index contributed by atoms with van der Waals surface area (Å²) in [6.07, 6.45) is 18.7. The number of hydrogen-bond acceptors (Lipinski definition) is 2. The maximum atomic E-state index is 10.3. The predicted molar refractivity (Wildman–Crippen MR) is 96.7 cm³/mol. The van der Waals surface area contributed by atoms with Crippen molar-refractivity contribution in [2.45, 2.75) is 104 Å². The summed E-state index contributed by atoms with van der Waals surface area (Å²) in [5.41, 5.74) is -0.681. The number of rotatable bonds is 16. The van der Waals surface area contributed by atoms with Crippen LogP contribution in [0, 0.1) is 5.92 Å². The Kier molecular flexibility index (Phi) is 16.9. The summed E-state index contributed by atoms with van der Waals surface area (Å²) >= 11 is 5.09. The molecule has 0 spiro atoms. The molecule has 0 N–H and O–H groups in total. The molecule has 0 aliphatic carbocycles. The highest BCUT2D eigenvalue weighted by atomic mass is 35.5. The zero-order valence-electron chi connectivity index (χ0n) is 14.9. The van der Waals surface area contributed by atoms with E-state index in [1.54, 1.807) is 0 Å². The standard InChI is InChI=1S/C19H37ClO2/c1-18(2)16-14-12-10-8-6-4-3-5-7-9-11-13-15-17-22-19(20)21/h18H,3-17H2,1-2H3. The molecule has 0 fully saturated rings. The molecule has 0 radical (unpaired) electrons. The van der Waals surface area contributed by atoms with Gasteiger partial charge in [-0.3, -0.25) is 0 Å². The molecule has 0 rings (SSSR count). The van der Waals surface area contributed by atoms with E-state index in [0.29, 0.717) is 6.61 Å². The first-order valence-corrected chi connectivity index (χ1v) is 9.83. The van der Waals surface area contributed by atoms with E-state index in [2.05, 4.69) is 18.6 Å². The van der Waals surface area contributed by atoms with E-state index in [-0.39, 0.29) is 0 Å². The Morgan fingerprint density at radius 3 is 1.45 bits per heavy atom. The topological polar surface area (TPSA) is 26.3 Å². The SMILES string of the molecule is CC(C)CCCCCCCCCCCCCCCOC(=O)Cl. The number of unbranched alkanes of at least 4 members (excludes halogenated alkanes) is 12. The first kappa shape index (κ1) is 21.8. The van der Waals surface area contributed by atoms with Crippen LogP contribution >= 0.6 is 11.6 Å². The van der Waals surface area contributed by atoms with E-state index in [1.807, 2.05) is 0 Å². The summed E-state index contributed by atoms with van der Waals surface area (Å²) in [6.45, 7) is 5.10. The van der Waals surface area contributed by atoms with E-state index in [1.165, 1.54) is 77.0 Å². The fourth-order valence-corrected chi connectivity index (χ4v) is 2.83. The van der Waals surface area contributed by atoms with Crippen LogP contribution in [0.1, 0.15) is 104 Å². The molecule has 22 heavy (non-hydrogen) atoms. The highest BCUT2D eigenvalue weighted by Gasteiger charge is 1.97. The number of carbonyl (C=O) groups is 1. The van der Waals surface area contributed by atoms with Crippen molar-refractivity contribution < 1.29 is 9.53 Å². The van der Waals surface area contributed by atoms with Crippen LogP contribution in [-0.4, -0.2) is 12.0 Å². The molecule has 0 aliphatic rings. The van der Waals surface area contributed by atoms with Crippen LogP contribution in [0.3, 0.4) is 0 Å². The second-order valence-electron chi connectivity index (χ2n) is 6.86. The minimum atomic E-state index is -0.681. The Bertz CT molecular complexity index is 242. The summed E-state index contributed by atoms with van der Waals surface area (Å²) in [4.78, 5) is 10.3. The van der Waals surface area contributed by atoms with Crippen LogP contribution in [-0.2, 0) is 4.74 Å². The van der Waals surface area contributed by atoms with E-state index >= 15 is 0 Å². The molecule has 0 aromatic heterocycles. The maximum Gasteiger partial charge on any atom is 0.403 e. The molecular weight excluding hydrogens is 296 g/mol. The smallest absolute Gasteiger partial charge is 0.403 e. The lowest BCUT2D eigenvalue weighted by molar-refractivity contribution is 0.170. The Hall–Kier alpha value is -0.240. The van der Waals surface area contributed by atoms with Gasteiger partial charge in [-0.15, -0.1) is 0 Å². The normalized spacial score (nSPS) is 11.1. The third-order valence-electron chi connectivity index (χ3n) is 4.14. The van der Waals surface area contributed by atoms with Gasteiger partial charge in [-0.25, -0.2) is 4.79 Å². The average Bonchev–Trinajstić information content (AvgIpc) is 2.46. The molecule has 0 atom stereocenters. The lowest BCUT2D eigenvalue weighted by Crippen LogP contribution is -1.96. The van der Waals surface area contributed by atoms with Gasteiger partial charge in [-0.2, -0.15) is 0 Å². The van der Waals surface area contributed by atoms with Crippen molar-refractivity contribution in [3.05, 3.63) is 0 Å². The lowest BCUT2D eigenvalue weighted by atomic mass is 10.0. The lowest BCUT2D eigenvalue weighted by Gasteiger charge is -2.05. The molecule has 0 heterocycles. The summed E-state index contributed by atoms with van der Waals surface area (Å²) in [5, 5.41) is 0. The fourth-order valence-electron chi connectivity index (χ4n) is 2.75. The van der Waals surface area contributed by atoms with Gasteiger partial charge >= 0.3 is 5.43 Å². The summed E-state index contributed by atoms with van der Waals surface area (Å²) in [6, 6.07) is 0. The van der Waals surface area contributed by atoms with Gasteiger partial charge in [0, 0.05) is 11.6 Å². The second kappa shape index (κ2) is 17.1. The van der Waals surface area contributed by atoms with Gasteiger partial charge in [0.05, 0.1) is 6.61 Å². The van der Waals surface area contributed by atoms with E-state index in [4.69, 9.17) is 11.6 Å². The third kappa shape index (κ3) is 19.8. The Morgan fingerprint density at radius 2 is 1.09 bits per heavy atom. The van der Waals surface area contributed by atoms with Gasteiger partial charge in [0.25, 0.3) is 0 Å². The maximum absolute atomic E-state index is 10.3. The van der Waals surface area contributed by atoms with Crippen molar-refractivity contribution >= 4 is 17.0 Å². The number of ether oxygens (including phenoxy) is 1. The fraction of sp³-hybridized carbons (Fsp3) is 0.947. The largest absolute Gasteiger partial charge is 0.454 e. The number of carbonyl (C=O) groups excluding carboxylic acids is 1. The molecule has 0 saturated heterocycles. The molecule has 3 heteroatoms. The van der Waals surface area contributed by atoms with Gasteiger partial charge in [0.2, 0.25) is 0 Å². The zero-order chi connectivity index (χ0) is 16.5. The summed E-state index contributed by atoms with van der Waals surface area (Å²) in [7, 11) is 0. The molecule has 0 aromatic carbocycles. The van der Waals surface area contributed by atoms with E-state index in [9.17, 15) is 4.79 Å². The van der Waals surface area contributed by atoms with Crippen molar-refractivity contribution in [3.8, 4) is 0 Å². The van der Waals surface area contributed by atoms with E-state index in [0.717, 1.165) is 18.8 Å². The molecule has 0 aromatic rings. The molecule has 132 valence electrons. The molecule has 0 saturated carbocycles. The monoisotopic (exact) mass is 332 g/mol. The van der Waals surface area contributed by atoms with Crippen molar-refractivity contribution in [2.75, 3.05) is 6.61 Å². The quantitative estimate of drug-likeness (QED) is 0.216. The van der Waals surface area contributed by atoms with Crippen LogP contribution in [0.15, 0.2) is 0 Å². The molecular formula is C19H37ClO2. The van der Waals surface area contributed by atoms with Gasteiger partial charge in [-0.05, 0) is 12.3 Å². The van der Waals surface area contributed by atoms with Gasteiger partial charge in [0.15, 0.2) is 0 Å². The van der Waals surface area contributed by atoms with Crippen molar-refractivity contribution in [1.29, 1.82) is 0 Å². The highest BCUT2D eigenvalue weighted by molar-refractivity contribution is 6.61. The van der Waals surface area contributed by atoms with Crippen molar-refractivity contribution in [1.82, 2.24) is 0 Å². The molecule has 0 aliphatic heterocycles. The molecule has 0 unspecified atom stereocenters. The van der Waals surface area contributed by atoms with Crippen LogP contribution in [0.2, 0.25) is 0 Å². The average molecular weight is 333 g/mol. The van der Waals surface area contributed by atoms with Crippen LogP contribution in [0.4, 0.5) is 4.79 Å². The van der Waals surface area contributed by atoms with Crippen LogP contribution in [0.5, 0.6) is 0 Å². The number of hydrogen-bond donors (Lipinski definition) is 0. The molecule has 2 nitrogen and oxygen atoms in total. The second-order valence-corrected chi connectivity index (χ2v) is 7.17. The van der Waals surface area contributed by atoms with Gasteiger partial charge in [0.1, 0.15) is 0 Å². The minimum Gasteiger partial charge on any atom is -0.454 e. The minimum absolute atomic E-state index is 0.472. The summed E-state index contributed by atoms with van der Waals surface area (Å²) in [5.74, 6) is 0.871. The summed E-state index contributed by atoms with van der Waals surface area (Å²) < 4.78 is 4.69. The Labute approximate surface area is 143 Å². The van der Waals surface area contributed by atoms with Crippen molar-refractivity contribution in [2.24, 2.45) is 5.92 Å². The van der Waals surface area contributed by atoms with Crippen LogP contribution in [0.25, 0.3) is 0 Å². The van der Waals surface area contributed by atoms with Crippen molar-refractivity contribution in [3.63, 3.8) is 0 Å².